The molecule has 0 aliphatic carbocycles. The molecule has 0 unspecified atom stereocenters. The van der Waals surface area contributed by atoms with Crippen LogP contribution in [0, 0.1) is 6.92 Å². The van der Waals surface area contributed by atoms with Crippen molar-refractivity contribution in [2.75, 3.05) is 19.0 Å². The number of nitrogens with two attached hydrogens (primary N) is 2. The fraction of sp³-hybridized carbons (Fsp3) is 0.158. The zero-order chi connectivity index (χ0) is 17.5. The highest BCUT2D eigenvalue weighted by Crippen LogP contribution is 2.14. The van der Waals surface area contributed by atoms with Crippen molar-refractivity contribution in [3.8, 4) is 0 Å². The molecule has 0 atom stereocenters. The highest BCUT2D eigenvalue weighted by atomic mass is 15.3. The fourth-order valence-corrected chi connectivity index (χ4v) is 2.08. The van der Waals surface area contributed by atoms with Crippen molar-refractivity contribution >= 4 is 23.4 Å². The van der Waals surface area contributed by atoms with E-state index in [1.165, 1.54) is 5.56 Å². The van der Waals surface area contributed by atoms with Gasteiger partial charge in [-0.2, -0.15) is 0 Å². The summed E-state index contributed by atoms with van der Waals surface area (Å²) in [7, 11) is 4.03. The minimum Gasteiger partial charge on any atom is -0.378 e. The van der Waals surface area contributed by atoms with Gasteiger partial charge in [0.15, 0.2) is 0 Å². The molecule has 0 heterocycles. The Hall–Kier alpha value is -3.08. The summed E-state index contributed by atoms with van der Waals surface area (Å²) in [5.41, 5.74) is 15.8. The second-order valence-corrected chi connectivity index (χ2v) is 5.70. The summed E-state index contributed by atoms with van der Waals surface area (Å²) in [6, 6.07) is 16.3. The lowest BCUT2D eigenvalue weighted by molar-refractivity contribution is 1.13. The Kier molecular flexibility index (Phi) is 5.73. The van der Waals surface area contributed by atoms with Crippen LogP contribution in [0.3, 0.4) is 0 Å². The summed E-state index contributed by atoms with van der Waals surface area (Å²) < 4.78 is 0. The first kappa shape index (κ1) is 17.3. The van der Waals surface area contributed by atoms with Crippen molar-refractivity contribution < 1.29 is 0 Å². The minimum absolute atomic E-state index is 0.0663. The number of anilines is 1. The van der Waals surface area contributed by atoms with E-state index >= 15 is 0 Å². The molecule has 0 bridgehead atoms. The van der Waals surface area contributed by atoms with Crippen LogP contribution in [0.4, 0.5) is 5.69 Å². The molecule has 0 saturated carbocycles. The maximum absolute atomic E-state index is 5.39. The lowest BCUT2D eigenvalue weighted by Gasteiger charge is -2.11. The molecule has 0 saturated heterocycles. The van der Waals surface area contributed by atoms with E-state index in [1.807, 2.05) is 57.4 Å². The topological polar surface area (TPSA) is 80.0 Å². The van der Waals surface area contributed by atoms with E-state index in [0.29, 0.717) is 5.71 Å². The molecule has 2 aromatic rings. The van der Waals surface area contributed by atoms with Gasteiger partial charge in [0.05, 0.1) is 5.71 Å². The Morgan fingerprint density at radius 3 is 2.08 bits per heavy atom. The summed E-state index contributed by atoms with van der Waals surface area (Å²) >= 11 is 0. The average molecular weight is 321 g/mol. The van der Waals surface area contributed by atoms with E-state index in [0.717, 1.165) is 16.8 Å². The Labute approximate surface area is 143 Å². The Morgan fingerprint density at radius 2 is 1.54 bits per heavy atom. The Bertz CT molecular complexity index is 749. The molecular weight excluding hydrogens is 298 g/mol. The Balaban J connectivity index is 2.29. The van der Waals surface area contributed by atoms with Crippen LogP contribution in [-0.4, -0.2) is 25.8 Å². The van der Waals surface area contributed by atoms with Gasteiger partial charge < -0.3 is 16.4 Å². The van der Waals surface area contributed by atoms with Gasteiger partial charge in [-0.1, -0.05) is 48.0 Å². The van der Waals surface area contributed by atoms with Crippen LogP contribution in [0.2, 0.25) is 0 Å². The van der Waals surface area contributed by atoms with E-state index in [-0.39, 0.29) is 5.96 Å². The predicted octanol–water partition coefficient (Wildman–Crippen LogP) is 2.75. The number of hydrogen-bond donors (Lipinski definition) is 2. The van der Waals surface area contributed by atoms with E-state index < -0.39 is 0 Å². The number of guanidine groups is 1. The molecule has 124 valence electrons. The average Bonchev–Trinajstić information content (AvgIpc) is 2.56. The number of hydrogen-bond acceptors (Lipinski definition) is 3. The SMILES string of the molecule is Cc1ccc(C(/C=C/c2ccc(N(C)C)cc2)=N\N=C(N)N)cc1. The second-order valence-electron chi connectivity index (χ2n) is 5.70. The van der Waals surface area contributed by atoms with Gasteiger partial charge in [-0.3, -0.25) is 0 Å². The molecule has 0 fully saturated rings. The van der Waals surface area contributed by atoms with Crippen LogP contribution in [0.5, 0.6) is 0 Å². The third-order valence-corrected chi connectivity index (χ3v) is 3.46. The Morgan fingerprint density at radius 1 is 0.917 bits per heavy atom. The first-order valence-corrected chi connectivity index (χ1v) is 7.65. The van der Waals surface area contributed by atoms with Crippen molar-refractivity contribution in [1.29, 1.82) is 0 Å². The van der Waals surface area contributed by atoms with Crippen molar-refractivity contribution in [2.45, 2.75) is 6.92 Å². The van der Waals surface area contributed by atoms with E-state index in [2.05, 4.69) is 39.4 Å². The molecule has 5 heteroatoms. The molecule has 0 spiro atoms. The van der Waals surface area contributed by atoms with E-state index in [9.17, 15) is 0 Å². The van der Waals surface area contributed by atoms with Gasteiger partial charge in [0.1, 0.15) is 0 Å². The molecule has 0 aliphatic rings. The van der Waals surface area contributed by atoms with Crippen molar-refractivity contribution in [3.05, 3.63) is 71.3 Å². The summed E-state index contributed by atoms with van der Waals surface area (Å²) in [6.45, 7) is 2.04. The van der Waals surface area contributed by atoms with Gasteiger partial charge in [0.25, 0.3) is 0 Å². The monoisotopic (exact) mass is 321 g/mol. The largest absolute Gasteiger partial charge is 0.378 e. The molecule has 24 heavy (non-hydrogen) atoms. The summed E-state index contributed by atoms with van der Waals surface area (Å²) in [6.07, 6.45) is 3.89. The highest BCUT2D eigenvalue weighted by Gasteiger charge is 2.00. The number of rotatable bonds is 5. The third-order valence-electron chi connectivity index (χ3n) is 3.46. The zero-order valence-corrected chi connectivity index (χ0v) is 14.3. The standard InChI is InChI=1S/C19H23N5/c1-14-4-9-16(10-5-14)18(22-23-19(20)21)13-8-15-6-11-17(12-7-15)24(2)3/h4-13H,1-3H3,(H4,20,21,23)/b13-8+,22-18-. The lowest BCUT2D eigenvalue weighted by atomic mass is 10.1. The van der Waals surface area contributed by atoms with E-state index in [1.54, 1.807) is 0 Å². The van der Waals surface area contributed by atoms with Crippen molar-refractivity contribution in [2.24, 2.45) is 21.7 Å². The second kappa shape index (κ2) is 7.97. The number of allylic oxidation sites excluding steroid dienone is 1. The summed E-state index contributed by atoms with van der Waals surface area (Å²) in [5, 5.41) is 7.92. The first-order valence-electron chi connectivity index (χ1n) is 7.65. The maximum atomic E-state index is 5.39. The molecule has 0 aliphatic heterocycles. The van der Waals surface area contributed by atoms with E-state index in [4.69, 9.17) is 11.5 Å². The van der Waals surface area contributed by atoms with Crippen molar-refractivity contribution in [3.63, 3.8) is 0 Å². The molecular formula is C19H23N5. The van der Waals surface area contributed by atoms with Crippen LogP contribution in [0.15, 0.2) is 64.8 Å². The minimum atomic E-state index is -0.0663. The van der Waals surface area contributed by atoms with Crippen LogP contribution in [0.1, 0.15) is 16.7 Å². The van der Waals surface area contributed by atoms with Crippen LogP contribution in [-0.2, 0) is 0 Å². The quantitative estimate of drug-likeness (QED) is 0.505. The van der Waals surface area contributed by atoms with Gasteiger partial charge >= 0.3 is 0 Å². The maximum Gasteiger partial charge on any atom is 0.211 e. The fourth-order valence-electron chi connectivity index (χ4n) is 2.08. The molecule has 4 N–H and O–H groups in total. The highest BCUT2D eigenvalue weighted by molar-refractivity contribution is 6.10. The van der Waals surface area contributed by atoms with Gasteiger partial charge in [-0.05, 0) is 30.7 Å². The molecule has 2 rings (SSSR count). The third kappa shape index (κ3) is 4.98. The van der Waals surface area contributed by atoms with Crippen LogP contribution in [0.25, 0.3) is 6.08 Å². The summed E-state index contributed by atoms with van der Waals surface area (Å²) in [5.74, 6) is -0.0663. The molecule has 0 aromatic heterocycles. The van der Waals surface area contributed by atoms with Crippen LogP contribution < -0.4 is 16.4 Å². The smallest absolute Gasteiger partial charge is 0.211 e. The summed E-state index contributed by atoms with van der Waals surface area (Å²) in [4.78, 5) is 2.06. The molecule has 2 aromatic carbocycles. The molecule has 0 amide bonds. The van der Waals surface area contributed by atoms with Crippen LogP contribution >= 0.6 is 0 Å². The lowest BCUT2D eigenvalue weighted by Crippen LogP contribution is -2.22. The number of benzene rings is 2. The van der Waals surface area contributed by atoms with Gasteiger partial charge in [0, 0.05) is 25.3 Å². The molecule has 5 nitrogen and oxygen atoms in total. The number of aryl methyl sites for hydroxylation is 1. The van der Waals surface area contributed by atoms with Gasteiger partial charge in [0.2, 0.25) is 5.96 Å². The van der Waals surface area contributed by atoms with Gasteiger partial charge in [-0.25, -0.2) is 0 Å². The van der Waals surface area contributed by atoms with Crippen molar-refractivity contribution in [1.82, 2.24) is 0 Å². The van der Waals surface area contributed by atoms with Gasteiger partial charge in [-0.15, -0.1) is 10.2 Å². The zero-order valence-electron chi connectivity index (χ0n) is 14.3. The normalized spacial score (nSPS) is 11.5. The first-order chi connectivity index (χ1) is 11.5. The predicted molar refractivity (Wildman–Crippen MR) is 103 cm³/mol. The molecule has 0 radical (unpaired) electrons. The number of nitrogens with zero attached hydrogens (tertiary/aromatic N) is 3.